The van der Waals surface area contributed by atoms with Crippen LogP contribution in [0, 0.1) is 0 Å². The Hall–Kier alpha value is -8.32. The number of benzene rings is 12. The number of halogens is 5. The second kappa shape index (κ2) is 22.4. The molecule has 1 N–H and O–H groups in total. The number of rotatable bonds is 5. The molecule has 0 radical (unpaired) electrons. The summed E-state index contributed by atoms with van der Waals surface area (Å²) >= 11 is 28.9. The fraction of sp³-hybridized carbons (Fsp3) is 0.0400. The topological polar surface area (TPSA) is 19.7 Å². The number of nitrogens with zero attached hydrogens (tertiary/aromatic N) is 2. The van der Waals surface area contributed by atoms with Gasteiger partial charge >= 0.3 is 0 Å². The van der Waals surface area contributed by atoms with Gasteiger partial charge < -0.3 is 14.6 Å². The normalized spacial score (nSPS) is 12.0. The lowest BCUT2D eigenvalue weighted by molar-refractivity contribution is 1.20. The van der Waals surface area contributed by atoms with Gasteiger partial charge in [-0.3, -0.25) is 0 Å². The molecule has 2 aromatic heterocycles. The molecule has 83 heavy (non-hydrogen) atoms. The van der Waals surface area contributed by atoms with Gasteiger partial charge in [0.1, 0.15) is 0 Å². The van der Waals surface area contributed by atoms with Gasteiger partial charge in [-0.2, -0.15) is 0 Å². The van der Waals surface area contributed by atoms with Crippen molar-refractivity contribution < 1.29 is 0 Å². The monoisotopic (exact) mass is 1210 g/mol. The summed E-state index contributed by atoms with van der Waals surface area (Å²) in [5.41, 5.74) is 25.3. The molecule has 8 heteroatoms. The van der Waals surface area contributed by atoms with Crippen LogP contribution in [0.5, 0.6) is 0 Å². The van der Waals surface area contributed by atoms with Crippen molar-refractivity contribution in [2.75, 3.05) is 10.2 Å². The van der Waals surface area contributed by atoms with Crippen LogP contribution in [0.4, 0.5) is 28.4 Å². The van der Waals surface area contributed by atoms with Gasteiger partial charge in [-0.1, -0.05) is 256 Å². The minimum Gasteiger partial charge on any atom is -0.353 e. The van der Waals surface area contributed by atoms with Gasteiger partial charge in [-0.05, 0) is 140 Å². The quantitative estimate of drug-likeness (QED) is 0.185. The lowest BCUT2D eigenvalue weighted by Crippen LogP contribution is -2.13. The summed E-state index contributed by atoms with van der Waals surface area (Å²) in [5.74, 6) is 0. The van der Waals surface area contributed by atoms with E-state index in [0.717, 1.165) is 47.7 Å². The van der Waals surface area contributed by atoms with Gasteiger partial charge in [0.2, 0.25) is 0 Å². The zero-order valence-corrected chi connectivity index (χ0v) is 49.3. The molecule has 3 nitrogen and oxygen atoms in total. The Bertz CT molecular complexity index is 4730. The highest BCUT2D eigenvalue weighted by Gasteiger charge is 2.28. The molecule has 2 heterocycles. The molecular weight excluding hydrogens is 1160 g/mol. The van der Waals surface area contributed by atoms with Gasteiger partial charge in [0.05, 0.1) is 53.7 Å². The molecule has 14 aromatic rings. The van der Waals surface area contributed by atoms with Crippen molar-refractivity contribution in [1.29, 1.82) is 0 Å². The molecule has 12 aromatic carbocycles. The number of anilines is 5. The van der Waals surface area contributed by atoms with Crippen LogP contribution < -0.4 is 10.2 Å². The molecule has 0 spiro atoms. The molecule has 0 fully saturated rings. The average Bonchev–Trinajstić information content (AvgIpc) is 2.31. The van der Waals surface area contributed by atoms with Crippen LogP contribution >= 0.6 is 62.3 Å². The predicted molar refractivity (Wildman–Crippen MR) is 357 cm³/mol. The first-order valence-corrected chi connectivity index (χ1v) is 30.0. The molecule has 0 atom stereocenters. The van der Waals surface area contributed by atoms with Crippen molar-refractivity contribution >= 4 is 129 Å². The lowest BCUT2D eigenvalue weighted by Gasteiger charge is -2.29. The first-order valence-electron chi connectivity index (χ1n) is 27.7. The van der Waals surface area contributed by atoms with Gasteiger partial charge in [-0.15, -0.1) is 0 Å². The summed E-state index contributed by atoms with van der Waals surface area (Å²) in [4.78, 5) is 2.18. The molecule has 0 bridgehead atoms. The first kappa shape index (κ1) is 52.7. The maximum Gasteiger partial charge on any atom is 0.0835 e. The Balaban J connectivity index is 0.000000103. The maximum atomic E-state index is 6.64. The van der Waals surface area contributed by atoms with Crippen LogP contribution in [0.25, 0.3) is 71.5 Å². The number of hydrogen-bond acceptors (Lipinski definition) is 2. The maximum absolute atomic E-state index is 6.64. The number of aromatic nitrogens is 1. The third kappa shape index (κ3) is 9.59. The standard InChI is InChI=1S/C25H17Cl2N.C25H15N.C13H9Br.C12H9Cl2N/c26-22-13-7-14-23(27)25(22)28(18-9-2-1-3-10-18)24-15-6-12-20-19-11-5-4-8-17(19)16-21(20)24;1-2-7-16-15(6-1)14-22-17(16)12-13-21-20-10-5-9-19-18-8-3-4-11-23(18)26(24(19)20)25(21)22;14-13-7-3-6-11-10-5-2-1-4-9(10)8-12(11)13;13-10-7-4-8-11(14)12(10)15-9-5-2-1-3-6-9/h1-15H,16H2;1-13H,14H2;1-7H,8H2;1-8,15H. The molecule has 0 unspecified atom stereocenters. The van der Waals surface area contributed by atoms with Crippen molar-refractivity contribution in [3.8, 4) is 33.4 Å². The average molecular weight is 1210 g/mol. The SMILES string of the molecule is Brc1cccc2c1Cc1ccccc1-2.Clc1cccc(Cl)c1N(c1ccccc1)c1cccc2c1Cc1ccccc1-2.Clc1cccc(Cl)c1Nc1ccccc1.c1ccc2c(c1)Cc1c-2ccc2c3cccc4c5ccccc5n(c12)c43. The smallest absolute Gasteiger partial charge is 0.0835 e. The van der Waals surface area contributed by atoms with E-state index in [2.05, 4.69) is 206 Å². The van der Waals surface area contributed by atoms with Crippen LogP contribution in [-0.2, 0) is 19.3 Å². The van der Waals surface area contributed by atoms with Crippen molar-refractivity contribution in [1.82, 2.24) is 4.40 Å². The summed E-state index contributed by atoms with van der Waals surface area (Å²) in [5, 5.41) is 11.1. The summed E-state index contributed by atoms with van der Waals surface area (Å²) in [7, 11) is 0. The number of nitrogens with one attached hydrogen (secondary N) is 1. The summed E-state index contributed by atoms with van der Waals surface area (Å²) < 4.78 is 3.74. The van der Waals surface area contributed by atoms with E-state index < -0.39 is 0 Å². The second-order valence-electron chi connectivity index (χ2n) is 20.9. The van der Waals surface area contributed by atoms with Crippen LogP contribution in [0.3, 0.4) is 0 Å². The molecule has 0 amide bonds. The van der Waals surface area contributed by atoms with Crippen LogP contribution in [-0.4, -0.2) is 4.40 Å². The van der Waals surface area contributed by atoms with Crippen molar-refractivity contribution in [2.24, 2.45) is 0 Å². The summed E-state index contributed by atoms with van der Waals surface area (Å²) in [6, 6.07) is 90.2. The van der Waals surface area contributed by atoms with E-state index in [9.17, 15) is 0 Å². The number of hydrogen-bond donors (Lipinski definition) is 1. The van der Waals surface area contributed by atoms with Crippen molar-refractivity contribution in [3.63, 3.8) is 0 Å². The Labute approximate surface area is 511 Å². The molecule has 17 rings (SSSR count). The minimum absolute atomic E-state index is 0.617. The largest absolute Gasteiger partial charge is 0.353 e. The van der Waals surface area contributed by atoms with E-state index in [-0.39, 0.29) is 0 Å². The highest BCUT2D eigenvalue weighted by molar-refractivity contribution is 9.10. The molecule has 3 aliphatic rings. The minimum atomic E-state index is 0.617. The zero-order chi connectivity index (χ0) is 56.1. The van der Waals surface area contributed by atoms with Gasteiger partial charge in [0.25, 0.3) is 0 Å². The molecule has 400 valence electrons. The van der Waals surface area contributed by atoms with E-state index in [1.165, 1.54) is 109 Å². The molecule has 0 saturated heterocycles. The van der Waals surface area contributed by atoms with Crippen LogP contribution in [0.2, 0.25) is 20.1 Å². The van der Waals surface area contributed by atoms with E-state index in [1.54, 1.807) is 12.1 Å². The van der Waals surface area contributed by atoms with Gasteiger partial charge in [0.15, 0.2) is 0 Å². The lowest BCUT2D eigenvalue weighted by atomic mass is 10.0. The van der Waals surface area contributed by atoms with Crippen LogP contribution in [0.1, 0.15) is 33.4 Å². The Kier molecular flexibility index (Phi) is 14.3. The molecular formula is C75H50BrCl4N3. The Morgan fingerprint density at radius 2 is 0.795 bits per heavy atom. The van der Waals surface area contributed by atoms with E-state index in [0.29, 0.717) is 20.1 Å². The third-order valence-corrected chi connectivity index (χ3v) is 18.2. The molecule has 3 aliphatic carbocycles. The highest BCUT2D eigenvalue weighted by atomic mass is 79.9. The van der Waals surface area contributed by atoms with E-state index in [4.69, 9.17) is 46.4 Å². The van der Waals surface area contributed by atoms with Crippen molar-refractivity contribution in [3.05, 3.63) is 319 Å². The Morgan fingerprint density at radius 3 is 1.45 bits per heavy atom. The third-order valence-electron chi connectivity index (χ3n) is 16.2. The summed E-state index contributed by atoms with van der Waals surface area (Å²) in [6.07, 6.45) is 2.98. The molecule has 0 saturated carbocycles. The van der Waals surface area contributed by atoms with Crippen molar-refractivity contribution in [2.45, 2.75) is 19.3 Å². The van der Waals surface area contributed by atoms with E-state index >= 15 is 0 Å². The fourth-order valence-corrected chi connectivity index (χ4v) is 14.1. The summed E-state index contributed by atoms with van der Waals surface area (Å²) in [6.45, 7) is 0. The second-order valence-corrected chi connectivity index (χ2v) is 23.4. The van der Waals surface area contributed by atoms with Crippen LogP contribution in [0.15, 0.2) is 265 Å². The van der Waals surface area contributed by atoms with Gasteiger partial charge in [0, 0.05) is 50.2 Å². The fourth-order valence-electron chi connectivity index (χ4n) is 12.6. The number of fused-ring (bicyclic) bond motifs is 16. The first-order chi connectivity index (χ1) is 40.8. The molecule has 0 aliphatic heterocycles. The van der Waals surface area contributed by atoms with Gasteiger partial charge in [-0.25, -0.2) is 0 Å². The number of para-hydroxylation sites is 6. The predicted octanol–water partition coefficient (Wildman–Crippen LogP) is 23.2. The van der Waals surface area contributed by atoms with E-state index in [1.807, 2.05) is 72.8 Å². The Morgan fingerprint density at radius 1 is 0.349 bits per heavy atom. The zero-order valence-electron chi connectivity index (χ0n) is 44.7. The highest BCUT2D eigenvalue weighted by Crippen LogP contribution is 2.50.